The summed E-state index contributed by atoms with van der Waals surface area (Å²) in [6.45, 7) is 12.4. The summed E-state index contributed by atoms with van der Waals surface area (Å²) in [5, 5.41) is 16.9. The van der Waals surface area contributed by atoms with Crippen LogP contribution in [0.2, 0.25) is 0 Å². The summed E-state index contributed by atoms with van der Waals surface area (Å²) in [6, 6.07) is 0. The first-order valence-corrected chi connectivity index (χ1v) is 7.17. The molecule has 0 aromatic heterocycles. The van der Waals surface area contributed by atoms with Gasteiger partial charge in [-0.1, -0.05) is 0 Å². The van der Waals surface area contributed by atoms with Gasteiger partial charge >= 0.3 is 11.9 Å². The molecule has 9 heteroatoms. The van der Waals surface area contributed by atoms with Gasteiger partial charge in [-0.25, -0.2) is 29.1 Å². The number of ketones is 1. The van der Waals surface area contributed by atoms with Crippen LogP contribution in [0.5, 0.6) is 0 Å². The van der Waals surface area contributed by atoms with Gasteiger partial charge in [0, 0.05) is 13.8 Å². The van der Waals surface area contributed by atoms with Gasteiger partial charge < -0.3 is 4.79 Å². The summed E-state index contributed by atoms with van der Waals surface area (Å²) >= 11 is 0. The minimum absolute atomic E-state index is 0.167. The predicted molar refractivity (Wildman–Crippen MR) is 84.7 cm³/mol. The van der Waals surface area contributed by atoms with E-state index in [1.807, 2.05) is 0 Å². The molecule has 0 aromatic rings. The Kier molecular flexibility index (Phi) is 15.8. The topological polar surface area (TPSA) is 129 Å². The number of rotatable bonds is 5. The van der Waals surface area contributed by atoms with Gasteiger partial charge in [-0.05, 0) is 54.4 Å². The molecule has 0 bridgehead atoms. The summed E-state index contributed by atoms with van der Waals surface area (Å²) in [7, 11) is 0. The number of carbonyl (C=O) groups is 3. The molecule has 0 atom stereocenters. The Balaban J connectivity index is -0.000000316. The van der Waals surface area contributed by atoms with E-state index in [0.717, 1.165) is 13.8 Å². The molecule has 0 aliphatic carbocycles. The van der Waals surface area contributed by atoms with E-state index < -0.39 is 23.1 Å². The van der Waals surface area contributed by atoms with Gasteiger partial charge in [0.2, 0.25) is 0 Å². The molecule has 2 N–H and O–H groups in total. The molecule has 0 saturated heterocycles. The minimum Gasteiger partial charge on any atom is -0.300 e. The predicted octanol–water partition coefficient (Wildman–Crippen LogP) is 2.93. The highest BCUT2D eigenvalue weighted by Crippen LogP contribution is 2.23. The van der Waals surface area contributed by atoms with Crippen molar-refractivity contribution < 1.29 is 44.4 Å². The van der Waals surface area contributed by atoms with Crippen LogP contribution in [0.15, 0.2) is 0 Å². The zero-order chi connectivity index (χ0) is 20.0. The van der Waals surface area contributed by atoms with Crippen LogP contribution < -0.4 is 0 Å². The molecular weight excluding hydrogens is 324 g/mol. The van der Waals surface area contributed by atoms with E-state index in [9.17, 15) is 14.4 Å². The minimum atomic E-state index is -0.639. The Morgan fingerprint density at radius 2 is 0.917 bits per heavy atom. The molecule has 0 spiro atoms. The number of hydrogen-bond donors (Lipinski definition) is 2. The smallest absolute Gasteiger partial charge is 0.300 e. The lowest BCUT2D eigenvalue weighted by molar-refractivity contribution is -0.331. The quantitative estimate of drug-likeness (QED) is 0.565. The van der Waals surface area contributed by atoms with E-state index in [-0.39, 0.29) is 5.78 Å². The van der Waals surface area contributed by atoms with Gasteiger partial charge in [0.05, 0.1) is 11.2 Å². The SMILES string of the molecule is CC(=O)OOC(C)=O.CC(C)(CCC(C)(C)OO)OO.CC(C)=O. The molecule has 0 radical (unpaired) electrons. The summed E-state index contributed by atoms with van der Waals surface area (Å²) < 4.78 is 0. The fourth-order valence-corrected chi connectivity index (χ4v) is 0.811. The van der Waals surface area contributed by atoms with Crippen LogP contribution in [0.4, 0.5) is 0 Å². The molecule has 0 aliphatic heterocycles. The van der Waals surface area contributed by atoms with Crippen LogP contribution >= 0.6 is 0 Å². The van der Waals surface area contributed by atoms with Gasteiger partial charge in [0.25, 0.3) is 0 Å². The van der Waals surface area contributed by atoms with Crippen molar-refractivity contribution in [2.75, 3.05) is 0 Å². The molecule has 0 rings (SSSR count). The molecule has 0 aliphatic rings. The molecule has 0 fully saturated rings. The highest BCUT2D eigenvalue weighted by molar-refractivity contribution is 5.72. The molecule has 0 aromatic carbocycles. The van der Waals surface area contributed by atoms with Gasteiger partial charge in [-0.3, -0.25) is 10.5 Å². The maximum Gasteiger partial charge on any atom is 0.352 e. The summed E-state index contributed by atoms with van der Waals surface area (Å²) in [5.41, 5.74) is -1.17. The van der Waals surface area contributed by atoms with Crippen molar-refractivity contribution in [2.24, 2.45) is 0 Å². The highest BCUT2D eigenvalue weighted by Gasteiger charge is 2.25. The standard InChI is InChI=1S/C8H18O4.C4H6O4.C3H6O/c1-7(2,11-9)5-6-8(3,4)12-10;1-3(5)7-8-4(2)6;1-3(2)4/h9-10H,5-6H2,1-4H3;1-2H3;1-2H3. The van der Waals surface area contributed by atoms with Gasteiger partial charge in [-0.15, -0.1) is 0 Å². The van der Waals surface area contributed by atoms with E-state index in [4.69, 9.17) is 10.5 Å². The highest BCUT2D eigenvalue weighted by atomic mass is 17.2. The average molecular weight is 354 g/mol. The van der Waals surface area contributed by atoms with Crippen LogP contribution in [-0.4, -0.2) is 39.4 Å². The maximum atomic E-state index is 9.85. The van der Waals surface area contributed by atoms with Crippen molar-refractivity contribution in [1.29, 1.82) is 0 Å². The molecule has 24 heavy (non-hydrogen) atoms. The summed E-state index contributed by atoms with van der Waals surface area (Å²) in [4.78, 5) is 45.3. The first-order valence-electron chi connectivity index (χ1n) is 7.17. The zero-order valence-corrected chi connectivity index (χ0v) is 15.7. The van der Waals surface area contributed by atoms with Gasteiger partial charge in [0.1, 0.15) is 5.78 Å². The Morgan fingerprint density at radius 3 is 1.04 bits per heavy atom. The molecule has 0 amide bonds. The molecule has 0 heterocycles. The van der Waals surface area contributed by atoms with Crippen molar-refractivity contribution in [3.05, 3.63) is 0 Å². The average Bonchev–Trinajstić information content (AvgIpc) is 2.43. The molecule has 0 unspecified atom stereocenters. The largest absolute Gasteiger partial charge is 0.352 e. The normalized spacial score (nSPS) is 10.4. The Morgan fingerprint density at radius 1 is 0.708 bits per heavy atom. The molecule has 0 saturated carbocycles. The number of carbonyl (C=O) groups excluding carboxylic acids is 3. The van der Waals surface area contributed by atoms with Gasteiger partial charge in [-0.2, -0.15) is 0 Å². The second-order valence-corrected chi connectivity index (χ2v) is 6.26. The van der Waals surface area contributed by atoms with Crippen LogP contribution in [0.25, 0.3) is 0 Å². The Hall–Kier alpha value is -1.55. The first-order chi connectivity index (χ1) is 10.7. The second-order valence-electron chi connectivity index (χ2n) is 6.26. The number of hydrogen-bond acceptors (Lipinski definition) is 9. The third-order valence-electron chi connectivity index (χ3n) is 2.10. The molecule has 144 valence electrons. The summed E-state index contributed by atoms with van der Waals surface area (Å²) in [5.74, 6) is -1.11. The van der Waals surface area contributed by atoms with Crippen LogP contribution in [0.3, 0.4) is 0 Å². The lowest BCUT2D eigenvalue weighted by atomic mass is 9.94. The molecular formula is C15H30O9. The maximum absolute atomic E-state index is 9.85. The second kappa shape index (κ2) is 13.8. The first kappa shape index (κ1) is 27.3. The Bertz CT molecular complexity index is 341. The third-order valence-corrected chi connectivity index (χ3v) is 2.10. The van der Waals surface area contributed by atoms with Gasteiger partial charge in [0.15, 0.2) is 0 Å². The van der Waals surface area contributed by atoms with E-state index in [0.29, 0.717) is 12.8 Å². The fraction of sp³-hybridized carbons (Fsp3) is 0.800. The van der Waals surface area contributed by atoms with E-state index >= 15 is 0 Å². The van der Waals surface area contributed by atoms with Crippen LogP contribution in [-0.2, 0) is 33.9 Å². The monoisotopic (exact) mass is 354 g/mol. The Labute approximate surface area is 142 Å². The molecule has 9 nitrogen and oxygen atoms in total. The van der Waals surface area contributed by atoms with Crippen LogP contribution in [0.1, 0.15) is 68.2 Å². The van der Waals surface area contributed by atoms with Crippen molar-refractivity contribution in [3.8, 4) is 0 Å². The lowest BCUT2D eigenvalue weighted by Crippen LogP contribution is -2.30. The fourth-order valence-electron chi connectivity index (χ4n) is 0.811. The van der Waals surface area contributed by atoms with Crippen molar-refractivity contribution in [2.45, 2.75) is 79.4 Å². The van der Waals surface area contributed by atoms with Crippen molar-refractivity contribution in [3.63, 3.8) is 0 Å². The van der Waals surface area contributed by atoms with Crippen LogP contribution in [0, 0.1) is 0 Å². The van der Waals surface area contributed by atoms with Crippen molar-refractivity contribution >= 4 is 17.7 Å². The van der Waals surface area contributed by atoms with E-state index in [1.165, 1.54) is 13.8 Å². The van der Waals surface area contributed by atoms with E-state index in [2.05, 4.69) is 19.6 Å². The lowest BCUT2D eigenvalue weighted by Gasteiger charge is -2.26. The van der Waals surface area contributed by atoms with Crippen molar-refractivity contribution in [1.82, 2.24) is 0 Å². The number of Topliss-reactive ketones (excluding diaryl/α,β-unsaturated/α-hetero) is 1. The zero-order valence-electron chi connectivity index (χ0n) is 15.7. The van der Waals surface area contributed by atoms with E-state index in [1.54, 1.807) is 27.7 Å². The third kappa shape index (κ3) is 28.6. The summed E-state index contributed by atoms with van der Waals surface area (Å²) in [6.07, 6.45) is 1.22.